The van der Waals surface area contributed by atoms with E-state index in [4.69, 9.17) is 14.2 Å². The molecule has 1 atom stereocenters. The summed E-state index contributed by atoms with van der Waals surface area (Å²) in [5, 5.41) is 0. The van der Waals surface area contributed by atoms with Gasteiger partial charge in [0.2, 0.25) is 5.75 Å². The van der Waals surface area contributed by atoms with Crippen molar-refractivity contribution in [2.75, 3.05) is 7.11 Å². The van der Waals surface area contributed by atoms with Crippen molar-refractivity contribution in [3.05, 3.63) is 119 Å². The standard InChI is InChI=1S/C27H19BrN2O6/c1-34-27(33)21-22(35-25(31)18-13-7-3-8-14-18)24(36-26(32)19-15-9-4-10-16-19)30-23(29-21)20(28)17-11-5-2-6-12-17/h2-16,20H,1H3. The number of hydrogen-bond donors (Lipinski definition) is 0. The number of benzene rings is 3. The molecule has 0 aliphatic carbocycles. The molecule has 0 spiro atoms. The molecule has 1 aromatic heterocycles. The first kappa shape index (κ1) is 24.7. The number of carbonyl (C=O) groups excluding carboxylic acids is 3. The van der Waals surface area contributed by atoms with Crippen molar-refractivity contribution in [2.24, 2.45) is 0 Å². The molecule has 0 amide bonds. The largest absolute Gasteiger partial charge is 0.464 e. The molecule has 0 N–H and O–H groups in total. The maximum Gasteiger partial charge on any atom is 0.360 e. The maximum atomic E-state index is 12.9. The fraction of sp³-hybridized carbons (Fsp3) is 0.0741. The number of nitrogens with zero attached hydrogens (tertiary/aromatic N) is 2. The minimum atomic E-state index is -0.903. The predicted octanol–water partition coefficient (Wildman–Crippen LogP) is 5.19. The highest BCUT2D eigenvalue weighted by Gasteiger charge is 2.30. The van der Waals surface area contributed by atoms with E-state index in [1.165, 1.54) is 12.1 Å². The number of ether oxygens (including phenoxy) is 3. The zero-order valence-corrected chi connectivity index (χ0v) is 20.5. The third-order valence-electron chi connectivity index (χ3n) is 4.95. The highest BCUT2D eigenvalue weighted by molar-refractivity contribution is 9.09. The zero-order valence-electron chi connectivity index (χ0n) is 19.0. The molecule has 0 aliphatic heterocycles. The Labute approximate surface area is 215 Å². The van der Waals surface area contributed by atoms with Gasteiger partial charge in [-0.25, -0.2) is 19.4 Å². The van der Waals surface area contributed by atoms with Crippen LogP contribution in [0.1, 0.15) is 47.4 Å². The minimum absolute atomic E-state index is 0.0944. The molecule has 180 valence electrons. The van der Waals surface area contributed by atoms with Gasteiger partial charge >= 0.3 is 17.9 Å². The Balaban J connectivity index is 1.83. The van der Waals surface area contributed by atoms with Crippen molar-refractivity contribution >= 4 is 33.8 Å². The molecule has 0 aliphatic rings. The van der Waals surface area contributed by atoms with E-state index in [-0.39, 0.29) is 22.6 Å². The number of esters is 3. The molecule has 0 bridgehead atoms. The number of alkyl halides is 1. The van der Waals surface area contributed by atoms with Gasteiger partial charge in [-0.3, -0.25) is 0 Å². The van der Waals surface area contributed by atoms with Gasteiger partial charge < -0.3 is 14.2 Å². The fourth-order valence-corrected chi connectivity index (χ4v) is 3.68. The normalized spacial score (nSPS) is 11.3. The Morgan fingerprint density at radius 1 is 0.694 bits per heavy atom. The predicted molar refractivity (Wildman–Crippen MR) is 133 cm³/mol. The van der Waals surface area contributed by atoms with Crippen LogP contribution in [0.25, 0.3) is 0 Å². The molecule has 3 aromatic carbocycles. The van der Waals surface area contributed by atoms with Crippen LogP contribution >= 0.6 is 15.9 Å². The molecule has 1 heterocycles. The zero-order chi connectivity index (χ0) is 25.5. The molecule has 4 aromatic rings. The van der Waals surface area contributed by atoms with E-state index in [0.717, 1.165) is 12.7 Å². The summed E-state index contributed by atoms with van der Waals surface area (Å²) in [4.78, 5) is 46.5. The van der Waals surface area contributed by atoms with Crippen molar-refractivity contribution in [2.45, 2.75) is 4.83 Å². The third-order valence-corrected chi connectivity index (χ3v) is 5.89. The van der Waals surface area contributed by atoms with Gasteiger partial charge in [-0.15, -0.1) is 0 Å². The second kappa shape index (κ2) is 11.4. The topological polar surface area (TPSA) is 105 Å². The monoisotopic (exact) mass is 546 g/mol. The van der Waals surface area contributed by atoms with E-state index in [0.29, 0.717) is 0 Å². The van der Waals surface area contributed by atoms with E-state index in [1.807, 2.05) is 30.3 Å². The van der Waals surface area contributed by atoms with Gasteiger partial charge in [-0.1, -0.05) is 82.7 Å². The Morgan fingerprint density at radius 2 is 1.19 bits per heavy atom. The van der Waals surface area contributed by atoms with Crippen LogP contribution in [0.5, 0.6) is 11.6 Å². The summed E-state index contributed by atoms with van der Waals surface area (Å²) >= 11 is 3.53. The number of carbonyl (C=O) groups is 3. The Morgan fingerprint density at radius 3 is 1.72 bits per heavy atom. The minimum Gasteiger partial charge on any atom is -0.464 e. The van der Waals surface area contributed by atoms with Gasteiger partial charge in [-0.2, -0.15) is 4.98 Å². The molecule has 9 heteroatoms. The molecule has 0 saturated heterocycles. The quantitative estimate of drug-likeness (QED) is 0.230. The number of rotatable bonds is 7. The van der Waals surface area contributed by atoms with Crippen molar-refractivity contribution < 1.29 is 28.6 Å². The summed E-state index contributed by atoms with van der Waals surface area (Å²) < 4.78 is 15.9. The van der Waals surface area contributed by atoms with E-state index < -0.39 is 34.4 Å². The Bertz CT molecular complexity index is 1380. The average molecular weight is 547 g/mol. The van der Waals surface area contributed by atoms with Crippen LogP contribution in [0.2, 0.25) is 0 Å². The van der Waals surface area contributed by atoms with Crippen molar-refractivity contribution in [3.63, 3.8) is 0 Å². The van der Waals surface area contributed by atoms with Crippen molar-refractivity contribution in [3.8, 4) is 11.6 Å². The summed E-state index contributed by atoms with van der Waals surface area (Å²) in [7, 11) is 1.16. The molecule has 0 radical (unpaired) electrons. The van der Waals surface area contributed by atoms with Gasteiger partial charge in [0, 0.05) is 0 Å². The van der Waals surface area contributed by atoms with Crippen molar-refractivity contribution in [1.82, 2.24) is 9.97 Å². The van der Waals surface area contributed by atoms with Gasteiger partial charge in [0.25, 0.3) is 5.88 Å². The average Bonchev–Trinajstić information content (AvgIpc) is 2.94. The first-order chi connectivity index (χ1) is 17.5. The van der Waals surface area contributed by atoms with Gasteiger partial charge in [0.15, 0.2) is 11.5 Å². The summed E-state index contributed by atoms with van der Waals surface area (Å²) in [6, 6.07) is 25.5. The lowest BCUT2D eigenvalue weighted by atomic mass is 10.1. The van der Waals surface area contributed by atoms with E-state index >= 15 is 0 Å². The van der Waals surface area contributed by atoms with Crippen LogP contribution < -0.4 is 9.47 Å². The Hall–Kier alpha value is -4.37. The van der Waals surface area contributed by atoms with Crippen LogP contribution in [0.4, 0.5) is 0 Å². The first-order valence-electron chi connectivity index (χ1n) is 10.7. The smallest absolute Gasteiger partial charge is 0.360 e. The number of hydrogen-bond acceptors (Lipinski definition) is 8. The first-order valence-corrected chi connectivity index (χ1v) is 11.6. The van der Waals surface area contributed by atoms with E-state index in [2.05, 4.69) is 25.9 Å². The van der Waals surface area contributed by atoms with Crippen LogP contribution in [-0.4, -0.2) is 35.0 Å². The van der Waals surface area contributed by atoms with Crippen LogP contribution in [0.15, 0.2) is 91.0 Å². The number of aromatic nitrogens is 2. The Kier molecular flexibility index (Phi) is 7.82. The molecular formula is C27H19BrN2O6. The molecule has 36 heavy (non-hydrogen) atoms. The molecule has 8 nitrogen and oxygen atoms in total. The molecule has 1 unspecified atom stereocenters. The SMILES string of the molecule is COC(=O)c1nc(C(Br)c2ccccc2)nc(OC(=O)c2ccccc2)c1OC(=O)c1ccccc1. The highest BCUT2D eigenvalue weighted by Crippen LogP contribution is 2.36. The highest BCUT2D eigenvalue weighted by atomic mass is 79.9. The summed E-state index contributed by atoms with van der Waals surface area (Å²) in [6.07, 6.45) is 0. The fourth-order valence-electron chi connectivity index (χ4n) is 3.17. The molecule has 4 rings (SSSR count). The lowest BCUT2D eigenvalue weighted by molar-refractivity contribution is 0.0574. The van der Waals surface area contributed by atoms with Crippen molar-refractivity contribution in [1.29, 1.82) is 0 Å². The summed E-state index contributed by atoms with van der Waals surface area (Å²) in [5.74, 6) is -3.21. The van der Waals surface area contributed by atoms with Crippen LogP contribution in [0, 0.1) is 0 Å². The summed E-state index contributed by atoms with van der Waals surface area (Å²) in [5.41, 5.74) is 0.849. The lowest BCUT2D eigenvalue weighted by Gasteiger charge is -2.16. The van der Waals surface area contributed by atoms with Gasteiger partial charge in [0.1, 0.15) is 0 Å². The number of methoxy groups -OCH3 is 1. The molecule has 0 fully saturated rings. The van der Waals surface area contributed by atoms with E-state index in [1.54, 1.807) is 48.5 Å². The second-order valence-electron chi connectivity index (χ2n) is 7.34. The maximum absolute atomic E-state index is 12.9. The third kappa shape index (κ3) is 5.64. The van der Waals surface area contributed by atoms with Gasteiger partial charge in [0.05, 0.1) is 23.1 Å². The molecular weight excluding hydrogens is 528 g/mol. The van der Waals surface area contributed by atoms with E-state index in [9.17, 15) is 14.4 Å². The number of halogens is 1. The van der Waals surface area contributed by atoms with Crippen LogP contribution in [-0.2, 0) is 4.74 Å². The van der Waals surface area contributed by atoms with Gasteiger partial charge in [-0.05, 0) is 29.8 Å². The molecule has 0 saturated carbocycles. The second-order valence-corrected chi connectivity index (χ2v) is 8.26. The lowest BCUT2D eigenvalue weighted by Crippen LogP contribution is -2.19. The van der Waals surface area contributed by atoms with Crippen LogP contribution in [0.3, 0.4) is 0 Å². The summed E-state index contributed by atoms with van der Waals surface area (Å²) in [6.45, 7) is 0.